The number of hydrogen-bond acceptors (Lipinski definition) is 4. The van der Waals surface area contributed by atoms with Crippen LogP contribution in [-0.2, 0) is 14.3 Å². The van der Waals surface area contributed by atoms with Gasteiger partial charge in [-0.05, 0) is 5.92 Å². The van der Waals surface area contributed by atoms with Crippen LogP contribution in [0.2, 0.25) is 0 Å². The van der Waals surface area contributed by atoms with E-state index in [1.54, 1.807) is 4.90 Å². The number of esters is 1. The van der Waals surface area contributed by atoms with Crippen LogP contribution in [0.5, 0.6) is 0 Å². The molecule has 5 nitrogen and oxygen atoms in total. The van der Waals surface area contributed by atoms with Gasteiger partial charge in [-0.1, -0.05) is 13.8 Å². The molecule has 106 valence electrons. The second kappa shape index (κ2) is 8.32. The van der Waals surface area contributed by atoms with E-state index >= 15 is 0 Å². The van der Waals surface area contributed by atoms with Crippen molar-refractivity contribution in [2.45, 2.75) is 20.3 Å². The summed E-state index contributed by atoms with van der Waals surface area (Å²) < 4.78 is 4.60. The van der Waals surface area contributed by atoms with Gasteiger partial charge >= 0.3 is 5.97 Å². The minimum Gasteiger partial charge on any atom is -0.469 e. The van der Waals surface area contributed by atoms with Crippen molar-refractivity contribution in [3.05, 3.63) is 0 Å². The number of carbonyl (C=O) groups is 2. The normalized spacial score (nSPS) is 14.7. The van der Waals surface area contributed by atoms with E-state index in [1.165, 1.54) is 7.11 Å². The molecular formula is C12H23ClN2O3. The Labute approximate surface area is 115 Å². The highest BCUT2D eigenvalue weighted by atomic mass is 35.5. The molecular weight excluding hydrogens is 256 g/mol. The first-order valence-electron chi connectivity index (χ1n) is 6.11. The summed E-state index contributed by atoms with van der Waals surface area (Å²) in [5.74, 6) is 0.385. The van der Waals surface area contributed by atoms with E-state index in [-0.39, 0.29) is 36.6 Å². The highest BCUT2D eigenvalue weighted by Gasteiger charge is 2.29. The molecule has 0 aliphatic carbocycles. The van der Waals surface area contributed by atoms with Gasteiger partial charge in [-0.15, -0.1) is 12.4 Å². The van der Waals surface area contributed by atoms with Crippen molar-refractivity contribution in [1.29, 1.82) is 0 Å². The Morgan fingerprint density at radius 3 is 2.39 bits per heavy atom. The van der Waals surface area contributed by atoms with Crippen molar-refractivity contribution >= 4 is 24.3 Å². The Morgan fingerprint density at radius 1 is 1.39 bits per heavy atom. The lowest BCUT2D eigenvalue weighted by molar-refractivity contribution is -0.143. The lowest BCUT2D eigenvalue weighted by Gasteiger charge is -2.33. The maximum Gasteiger partial charge on any atom is 0.307 e. The lowest BCUT2D eigenvalue weighted by atomic mass is 10.0. The third-order valence-electron chi connectivity index (χ3n) is 2.84. The van der Waals surface area contributed by atoms with Crippen LogP contribution < -0.4 is 5.32 Å². The third-order valence-corrected chi connectivity index (χ3v) is 2.84. The zero-order valence-corrected chi connectivity index (χ0v) is 12.1. The molecule has 1 amide bonds. The molecule has 1 rings (SSSR count). The molecule has 0 aromatic carbocycles. The van der Waals surface area contributed by atoms with Crippen LogP contribution in [0.1, 0.15) is 20.3 Å². The van der Waals surface area contributed by atoms with Crippen LogP contribution >= 0.6 is 12.4 Å². The van der Waals surface area contributed by atoms with Gasteiger partial charge in [0.15, 0.2) is 0 Å². The van der Waals surface area contributed by atoms with E-state index in [4.69, 9.17) is 0 Å². The van der Waals surface area contributed by atoms with Gasteiger partial charge < -0.3 is 15.0 Å². The van der Waals surface area contributed by atoms with Crippen molar-refractivity contribution in [3.63, 3.8) is 0 Å². The first-order valence-corrected chi connectivity index (χ1v) is 6.11. The van der Waals surface area contributed by atoms with Gasteiger partial charge in [-0.3, -0.25) is 9.59 Å². The smallest absolute Gasteiger partial charge is 0.307 e. The number of nitrogens with one attached hydrogen (secondary N) is 1. The second-order valence-corrected chi connectivity index (χ2v) is 4.86. The lowest BCUT2D eigenvalue weighted by Crippen LogP contribution is -2.53. The highest BCUT2D eigenvalue weighted by Crippen LogP contribution is 2.11. The molecule has 1 aliphatic heterocycles. The first kappa shape index (κ1) is 17.2. The minimum absolute atomic E-state index is 0. The second-order valence-electron chi connectivity index (χ2n) is 4.86. The van der Waals surface area contributed by atoms with Gasteiger partial charge in [0.2, 0.25) is 5.91 Å². The molecule has 6 heteroatoms. The molecule has 1 N–H and O–H groups in total. The van der Waals surface area contributed by atoms with Crippen molar-refractivity contribution in [2.75, 3.05) is 33.3 Å². The van der Waals surface area contributed by atoms with E-state index in [9.17, 15) is 9.59 Å². The molecule has 0 bridgehead atoms. The predicted octanol–water partition coefficient (Wildman–Crippen LogP) is 0.675. The molecule has 1 heterocycles. The van der Waals surface area contributed by atoms with Crippen LogP contribution in [-0.4, -0.2) is 50.1 Å². The van der Waals surface area contributed by atoms with Crippen molar-refractivity contribution in [1.82, 2.24) is 10.2 Å². The first-order chi connectivity index (χ1) is 8.04. The number of rotatable bonds is 6. The molecule has 18 heavy (non-hydrogen) atoms. The molecule has 0 atom stereocenters. The molecule has 0 aromatic rings. The number of methoxy groups -OCH3 is 1. The number of nitrogens with zero attached hydrogens (tertiary/aromatic N) is 1. The largest absolute Gasteiger partial charge is 0.469 e. The summed E-state index contributed by atoms with van der Waals surface area (Å²) in [5, 5.41) is 3.09. The maximum absolute atomic E-state index is 12.1. The fourth-order valence-electron chi connectivity index (χ4n) is 1.78. The summed E-state index contributed by atoms with van der Waals surface area (Å²) in [4.78, 5) is 25.0. The van der Waals surface area contributed by atoms with Gasteiger partial charge in [0, 0.05) is 26.2 Å². The van der Waals surface area contributed by atoms with Crippen molar-refractivity contribution < 1.29 is 14.3 Å². The Bertz CT molecular complexity index is 280. The fourth-order valence-corrected chi connectivity index (χ4v) is 1.78. The number of ether oxygens (including phenoxy) is 1. The number of amides is 1. The summed E-state index contributed by atoms with van der Waals surface area (Å²) in [7, 11) is 1.37. The van der Waals surface area contributed by atoms with Gasteiger partial charge in [0.1, 0.15) is 0 Å². The summed E-state index contributed by atoms with van der Waals surface area (Å²) in [6.45, 7) is 6.80. The number of carbonyl (C=O) groups excluding carboxylic acids is 2. The van der Waals surface area contributed by atoms with E-state index in [1.807, 2.05) is 0 Å². The number of hydrogen-bond donors (Lipinski definition) is 1. The molecule has 1 saturated heterocycles. The Balaban J connectivity index is 0.00000289. The summed E-state index contributed by atoms with van der Waals surface area (Å²) in [5.41, 5.74) is 0. The number of halogens is 1. The van der Waals surface area contributed by atoms with Gasteiger partial charge in [0.05, 0.1) is 19.4 Å². The van der Waals surface area contributed by atoms with E-state index < -0.39 is 0 Å². The molecule has 1 aliphatic rings. The van der Waals surface area contributed by atoms with Crippen molar-refractivity contribution in [2.24, 2.45) is 11.8 Å². The van der Waals surface area contributed by atoms with Crippen LogP contribution in [0, 0.1) is 11.8 Å². The standard InChI is InChI=1S/C12H22N2O3.ClH/c1-9(2)8-14(5-4-11(15)17-3)12(16)10-6-13-7-10;/h9-10,13H,4-8H2,1-3H3;1H. The average molecular weight is 279 g/mol. The Hall–Kier alpha value is -0.810. The summed E-state index contributed by atoms with van der Waals surface area (Å²) in [6.07, 6.45) is 0.273. The Kier molecular flexibility index (Phi) is 7.95. The summed E-state index contributed by atoms with van der Waals surface area (Å²) >= 11 is 0. The van der Waals surface area contributed by atoms with Crippen LogP contribution in [0.3, 0.4) is 0 Å². The predicted molar refractivity (Wildman–Crippen MR) is 71.7 cm³/mol. The fraction of sp³-hybridized carbons (Fsp3) is 0.833. The monoisotopic (exact) mass is 278 g/mol. The minimum atomic E-state index is -0.265. The highest BCUT2D eigenvalue weighted by molar-refractivity contribution is 5.85. The molecule has 0 saturated carbocycles. The van der Waals surface area contributed by atoms with Gasteiger partial charge in [-0.25, -0.2) is 0 Å². The van der Waals surface area contributed by atoms with Gasteiger partial charge in [0.25, 0.3) is 0 Å². The zero-order valence-electron chi connectivity index (χ0n) is 11.3. The van der Waals surface area contributed by atoms with Crippen LogP contribution in [0.4, 0.5) is 0 Å². The maximum atomic E-state index is 12.1. The van der Waals surface area contributed by atoms with E-state index in [2.05, 4.69) is 23.9 Å². The third kappa shape index (κ3) is 5.23. The molecule has 0 aromatic heterocycles. The van der Waals surface area contributed by atoms with E-state index in [0.29, 0.717) is 19.0 Å². The Morgan fingerprint density at radius 2 is 2.00 bits per heavy atom. The van der Waals surface area contributed by atoms with E-state index in [0.717, 1.165) is 13.1 Å². The molecule has 1 fully saturated rings. The average Bonchev–Trinajstić information content (AvgIpc) is 2.20. The molecule has 0 unspecified atom stereocenters. The quantitative estimate of drug-likeness (QED) is 0.726. The topological polar surface area (TPSA) is 58.6 Å². The molecule has 0 spiro atoms. The zero-order chi connectivity index (χ0) is 12.8. The SMILES string of the molecule is COC(=O)CCN(CC(C)C)C(=O)C1CNC1.Cl. The van der Waals surface area contributed by atoms with Gasteiger partial charge in [-0.2, -0.15) is 0 Å². The molecule has 0 radical (unpaired) electrons. The van der Waals surface area contributed by atoms with Crippen molar-refractivity contribution in [3.8, 4) is 0 Å². The van der Waals surface area contributed by atoms with Crippen LogP contribution in [0.15, 0.2) is 0 Å². The summed E-state index contributed by atoms with van der Waals surface area (Å²) in [6, 6.07) is 0. The van der Waals surface area contributed by atoms with Crippen LogP contribution in [0.25, 0.3) is 0 Å².